The van der Waals surface area contributed by atoms with Crippen molar-refractivity contribution in [3.8, 4) is 5.69 Å². The maximum absolute atomic E-state index is 11.6. The largest absolute Gasteiger partial charge is 0.461 e. The number of esters is 1. The van der Waals surface area contributed by atoms with Gasteiger partial charge in [0.2, 0.25) is 0 Å². The lowest BCUT2D eigenvalue weighted by Gasteiger charge is -2.04. The highest BCUT2D eigenvalue weighted by molar-refractivity contribution is 6.35. The van der Waals surface area contributed by atoms with Crippen LogP contribution in [0.1, 0.15) is 17.4 Å². The second kappa shape index (κ2) is 5.50. The lowest BCUT2D eigenvalue weighted by molar-refractivity contribution is 0.0520. The van der Waals surface area contributed by atoms with Gasteiger partial charge >= 0.3 is 5.97 Å². The smallest absolute Gasteiger partial charge is 0.361 e. The Kier molecular flexibility index (Phi) is 3.97. The average molecular weight is 300 g/mol. The number of ether oxygens (including phenoxy) is 1. The Morgan fingerprint density at radius 3 is 2.84 bits per heavy atom. The van der Waals surface area contributed by atoms with Crippen LogP contribution < -0.4 is 5.73 Å². The molecule has 0 fully saturated rings. The summed E-state index contributed by atoms with van der Waals surface area (Å²) in [5.74, 6) is -0.566. The van der Waals surface area contributed by atoms with Gasteiger partial charge in [0.05, 0.1) is 29.2 Å². The number of carbonyl (C=O) groups is 1. The van der Waals surface area contributed by atoms with Crippen LogP contribution in [0, 0.1) is 0 Å². The lowest BCUT2D eigenvalue weighted by atomic mass is 10.3. The van der Waals surface area contributed by atoms with E-state index in [1.165, 1.54) is 10.9 Å². The molecule has 1 aromatic heterocycles. The van der Waals surface area contributed by atoms with Gasteiger partial charge in [-0.25, -0.2) is 9.48 Å². The molecule has 0 bridgehead atoms. The van der Waals surface area contributed by atoms with Crippen LogP contribution >= 0.6 is 23.2 Å². The molecule has 0 amide bonds. The molecule has 0 aliphatic heterocycles. The van der Waals surface area contributed by atoms with Gasteiger partial charge in [-0.1, -0.05) is 23.2 Å². The third-order valence-corrected chi connectivity index (χ3v) is 2.91. The Bertz CT molecular complexity index is 625. The number of nitrogens with two attached hydrogens (primary N) is 1. The van der Waals surface area contributed by atoms with E-state index in [0.29, 0.717) is 15.7 Å². The summed E-state index contributed by atoms with van der Waals surface area (Å²) in [4.78, 5) is 11.6. The summed E-state index contributed by atoms with van der Waals surface area (Å²) in [5.41, 5.74) is 6.60. The maximum atomic E-state index is 11.6. The first-order valence-corrected chi connectivity index (χ1v) is 6.26. The van der Waals surface area contributed by atoms with Crippen LogP contribution in [0.15, 0.2) is 24.4 Å². The van der Waals surface area contributed by atoms with Crippen molar-refractivity contribution in [2.75, 3.05) is 12.3 Å². The average Bonchev–Trinajstić information content (AvgIpc) is 2.71. The first-order chi connectivity index (χ1) is 9.02. The van der Waals surface area contributed by atoms with Crippen LogP contribution in [0.4, 0.5) is 5.69 Å². The molecule has 2 N–H and O–H groups in total. The molecule has 0 atom stereocenters. The fraction of sp³-hybridized carbons (Fsp3) is 0.167. The Morgan fingerprint density at radius 1 is 1.47 bits per heavy atom. The van der Waals surface area contributed by atoms with Crippen molar-refractivity contribution in [1.82, 2.24) is 9.78 Å². The second-order valence-corrected chi connectivity index (χ2v) is 4.54. The molecule has 0 unspecified atom stereocenters. The van der Waals surface area contributed by atoms with Crippen molar-refractivity contribution >= 4 is 34.9 Å². The van der Waals surface area contributed by atoms with E-state index in [0.717, 1.165) is 0 Å². The summed E-state index contributed by atoms with van der Waals surface area (Å²) < 4.78 is 6.28. The number of hydrogen-bond donors (Lipinski definition) is 1. The Labute approximate surface area is 119 Å². The summed E-state index contributed by atoms with van der Waals surface area (Å²) in [5, 5.41) is 5.00. The van der Waals surface area contributed by atoms with E-state index in [9.17, 15) is 4.79 Å². The number of anilines is 1. The van der Waals surface area contributed by atoms with Crippen LogP contribution in [0.2, 0.25) is 10.0 Å². The molecule has 0 saturated carbocycles. The van der Waals surface area contributed by atoms with E-state index in [1.807, 2.05) is 0 Å². The highest BCUT2D eigenvalue weighted by atomic mass is 35.5. The number of nitrogens with zero attached hydrogens (tertiary/aromatic N) is 2. The molecule has 7 heteroatoms. The van der Waals surface area contributed by atoms with E-state index in [2.05, 4.69) is 5.10 Å². The van der Waals surface area contributed by atoms with Crippen LogP contribution in [-0.4, -0.2) is 22.4 Å². The van der Waals surface area contributed by atoms with Gasteiger partial charge in [0.1, 0.15) is 0 Å². The van der Waals surface area contributed by atoms with E-state index >= 15 is 0 Å². The highest BCUT2D eigenvalue weighted by Gasteiger charge is 2.17. The number of rotatable bonds is 3. The van der Waals surface area contributed by atoms with Crippen LogP contribution in [0.25, 0.3) is 5.69 Å². The van der Waals surface area contributed by atoms with Crippen molar-refractivity contribution in [3.05, 3.63) is 40.1 Å². The van der Waals surface area contributed by atoms with Crippen molar-refractivity contribution < 1.29 is 9.53 Å². The SMILES string of the molecule is CCOC(=O)c1nn(-c2ccc(Cl)cc2Cl)cc1N. The molecule has 0 aliphatic carbocycles. The molecule has 0 aliphatic rings. The van der Waals surface area contributed by atoms with E-state index in [-0.39, 0.29) is 18.0 Å². The van der Waals surface area contributed by atoms with Crippen LogP contribution in [0.5, 0.6) is 0 Å². The van der Waals surface area contributed by atoms with Gasteiger partial charge < -0.3 is 10.5 Å². The number of aromatic nitrogens is 2. The number of nitrogen functional groups attached to an aromatic ring is 1. The van der Waals surface area contributed by atoms with Gasteiger partial charge in [-0.3, -0.25) is 0 Å². The third-order valence-electron chi connectivity index (χ3n) is 2.37. The molecule has 2 rings (SSSR count). The predicted octanol–water partition coefficient (Wildman–Crippen LogP) is 2.94. The molecular weight excluding hydrogens is 289 g/mol. The topological polar surface area (TPSA) is 70.1 Å². The first-order valence-electron chi connectivity index (χ1n) is 5.50. The number of hydrogen-bond acceptors (Lipinski definition) is 4. The second-order valence-electron chi connectivity index (χ2n) is 3.69. The van der Waals surface area contributed by atoms with E-state index in [1.54, 1.807) is 25.1 Å². The van der Waals surface area contributed by atoms with Gasteiger partial charge in [0, 0.05) is 5.02 Å². The Hall–Kier alpha value is -1.72. The van der Waals surface area contributed by atoms with E-state index < -0.39 is 5.97 Å². The minimum atomic E-state index is -0.566. The van der Waals surface area contributed by atoms with Gasteiger partial charge in [-0.15, -0.1) is 0 Å². The molecule has 1 aromatic carbocycles. The number of carbonyl (C=O) groups excluding carboxylic acids is 1. The molecule has 5 nitrogen and oxygen atoms in total. The molecule has 0 radical (unpaired) electrons. The molecule has 1 heterocycles. The predicted molar refractivity (Wildman–Crippen MR) is 74.0 cm³/mol. The minimum Gasteiger partial charge on any atom is -0.461 e. The Morgan fingerprint density at radius 2 is 2.21 bits per heavy atom. The third kappa shape index (κ3) is 2.83. The molecule has 100 valence electrons. The zero-order valence-corrected chi connectivity index (χ0v) is 11.6. The summed E-state index contributed by atoms with van der Waals surface area (Å²) >= 11 is 11.9. The highest BCUT2D eigenvalue weighted by Crippen LogP contribution is 2.25. The zero-order valence-electron chi connectivity index (χ0n) is 10.1. The quantitative estimate of drug-likeness (QED) is 0.885. The van der Waals surface area contributed by atoms with Gasteiger partial charge in [0.15, 0.2) is 5.69 Å². The maximum Gasteiger partial charge on any atom is 0.361 e. The van der Waals surface area contributed by atoms with Gasteiger partial charge in [0.25, 0.3) is 0 Å². The summed E-state index contributed by atoms with van der Waals surface area (Å²) in [6.07, 6.45) is 1.50. The Balaban J connectivity index is 2.42. The monoisotopic (exact) mass is 299 g/mol. The normalized spacial score (nSPS) is 10.5. The number of benzene rings is 1. The fourth-order valence-corrected chi connectivity index (χ4v) is 2.03. The molecular formula is C12H11Cl2N3O2. The van der Waals surface area contributed by atoms with Crippen molar-refractivity contribution in [2.24, 2.45) is 0 Å². The zero-order chi connectivity index (χ0) is 14.0. The summed E-state index contributed by atoms with van der Waals surface area (Å²) in [7, 11) is 0. The molecule has 0 saturated heterocycles. The van der Waals surface area contributed by atoms with E-state index in [4.69, 9.17) is 33.7 Å². The van der Waals surface area contributed by atoms with Gasteiger partial charge in [-0.2, -0.15) is 5.10 Å². The summed E-state index contributed by atoms with van der Waals surface area (Å²) in [6.45, 7) is 1.97. The fourth-order valence-electron chi connectivity index (χ4n) is 1.54. The molecule has 2 aromatic rings. The first kappa shape index (κ1) is 13.7. The lowest BCUT2D eigenvalue weighted by Crippen LogP contribution is -2.08. The molecule has 19 heavy (non-hydrogen) atoms. The van der Waals surface area contributed by atoms with Crippen LogP contribution in [0.3, 0.4) is 0 Å². The minimum absolute atomic E-state index is 0.0628. The van der Waals surface area contributed by atoms with Crippen LogP contribution in [-0.2, 0) is 4.74 Å². The standard InChI is InChI=1S/C12H11Cl2N3O2/c1-2-19-12(18)11-9(15)6-17(16-11)10-4-3-7(13)5-8(10)14/h3-6H,2,15H2,1H3. The summed E-state index contributed by atoms with van der Waals surface area (Å²) in [6, 6.07) is 4.94. The van der Waals surface area contributed by atoms with Gasteiger partial charge in [-0.05, 0) is 25.1 Å². The van der Waals surface area contributed by atoms with Crippen molar-refractivity contribution in [2.45, 2.75) is 6.92 Å². The molecule has 0 spiro atoms. The number of halogens is 2. The van der Waals surface area contributed by atoms with Crippen molar-refractivity contribution in [1.29, 1.82) is 0 Å². The van der Waals surface area contributed by atoms with Crippen molar-refractivity contribution in [3.63, 3.8) is 0 Å².